The summed E-state index contributed by atoms with van der Waals surface area (Å²) in [6.45, 7) is 1.49. The van der Waals surface area contributed by atoms with Crippen molar-refractivity contribution in [3.63, 3.8) is 0 Å². The molecule has 1 atom stereocenters. The van der Waals surface area contributed by atoms with Gasteiger partial charge in [0.2, 0.25) is 0 Å². The first kappa shape index (κ1) is 18.6. The van der Waals surface area contributed by atoms with Gasteiger partial charge in [0, 0.05) is 4.90 Å². The smallest absolute Gasteiger partial charge is 0.340 e. The van der Waals surface area contributed by atoms with Crippen molar-refractivity contribution in [1.82, 2.24) is 0 Å². The molecule has 1 amide bonds. The van der Waals surface area contributed by atoms with E-state index in [-0.39, 0.29) is 5.02 Å². The summed E-state index contributed by atoms with van der Waals surface area (Å²) in [7, 11) is 0. The van der Waals surface area contributed by atoms with Gasteiger partial charge in [-0.25, -0.2) is 4.79 Å². The minimum absolute atomic E-state index is 0.235. The highest BCUT2D eigenvalue weighted by atomic mass is 35.5. The highest BCUT2D eigenvalue weighted by molar-refractivity contribution is 7.98. The Morgan fingerprint density at radius 2 is 1.83 bits per heavy atom. The minimum atomic E-state index is -0.984. The molecule has 1 unspecified atom stereocenters. The average Bonchev–Trinajstić information content (AvgIpc) is 2.58. The van der Waals surface area contributed by atoms with E-state index in [0.717, 1.165) is 4.90 Å². The van der Waals surface area contributed by atoms with Crippen LogP contribution in [0.4, 0.5) is 5.69 Å². The van der Waals surface area contributed by atoms with Crippen LogP contribution < -0.4 is 5.32 Å². The maximum absolute atomic E-state index is 12.3. The summed E-state index contributed by atoms with van der Waals surface area (Å²) in [4.78, 5) is 25.2. The molecular formula is C17H15Cl2NO3S. The molecule has 0 saturated heterocycles. The molecule has 0 bridgehead atoms. The molecule has 0 aliphatic rings. The number of benzene rings is 2. The third-order valence-corrected chi connectivity index (χ3v) is 4.80. The van der Waals surface area contributed by atoms with Gasteiger partial charge in [0.05, 0.1) is 21.3 Å². The topological polar surface area (TPSA) is 55.4 Å². The van der Waals surface area contributed by atoms with Gasteiger partial charge in [0.1, 0.15) is 0 Å². The van der Waals surface area contributed by atoms with Crippen LogP contribution in [-0.2, 0) is 9.53 Å². The predicted molar refractivity (Wildman–Crippen MR) is 98.2 cm³/mol. The molecular weight excluding hydrogens is 369 g/mol. The van der Waals surface area contributed by atoms with E-state index in [0.29, 0.717) is 16.3 Å². The van der Waals surface area contributed by atoms with Crippen LogP contribution in [0.1, 0.15) is 17.3 Å². The second-order valence-corrected chi connectivity index (χ2v) is 6.47. The van der Waals surface area contributed by atoms with E-state index in [1.165, 1.54) is 18.7 Å². The highest BCUT2D eigenvalue weighted by Gasteiger charge is 2.21. The molecule has 0 aliphatic carbocycles. The van der Waals surface area contributed by atoms with E-state index in [2.05, 4.69) is 5.32 Å². The molecule has 4 nitrogen and oxygen atoms in total. The van der Waals surface area contributed by atoms with Crippen LogP contribution in [-0.4, -0.2) is 24.2 Å². The van der Waals surface area contributed by atoms with Crippen molar-refractivity contribution in [2.24, 2.45) is 0 Å². The zero-order chi connectivity index (χ0) is 17.7. The molecule has 1 N–H and O–H groups in total. The normalized spacial score (nSPS) is 11.7. The second kappa shape index (κ2) is 8.42. The number of carbonyl (C=O) groups is 2. The van der Waals surface area contributed by atoms with Crippen LogP contribution >= 0.6 is 35.0 Å². The fraction of sp³-hybridized carbons (Fsp3) is 0.176. The van der Waals surface area contributed by atoms with Crippen LogP contribution in [0, 0.1) is 0 Å². The maximum atomic E-state index is 12.3. The summed E-state index contributed by atoms with van der Waals surface area (Å²) in [5, 5.41) is 3.16. The number of esters is 1. The first-order valence-electron chi connectivity index (χ1n) is 7.03. The lowest BCUT2D eigenvalue weighted by Crippen LogP contribution is -2.30. The minimum Gasteiger partial charge on any atom is -0.449 e. The Labute approximate surface area is 154 Å². The molecule has 0 fully saturated rings. The number of halogens is 2. The van der Waals surface area contributed by atoms with Crippen LogP contribution in [0.15, 0.2) is 47.4 Å². The van der Waals surface area contributed by atoms with E-state index in [9.17, 15) is 9.59 Å². The number of amides is 1. The molecule has 7 heteroatoms. The standard InChI is InChI=1S/C17H15Cl2NO3S/c1-10(16(21)20-13-8-5-7-12(18)15(13)19)23-17(22)11-6-3-4-9-14(11)24-2/h3-10H,1-2H3,(H,20,21). The Morgan fingerprint density at radius 1 is 1.12 bits per heavy atom. The number of carbonyl (C=O) groups excluding carboxylic acids is 2. The van der Waals surface area contributed by atoms with Crippen molar-refractivity contribution in [2.75, 3.05) is 11.6 Å². The molecule has 0 aliphatic heterocycles. The van der Waals surface area contributed by atoms with Gasteiger partial charge in [-0.2, -0.15) is 0 Å². The zero-order valence-electron chi connectivity index (χ0n) is 13.0. The van der Waals surface area contributed by atoms with Gasteiger partial charge in [-0.1, -0.05) is 41.4 Å². The van der Waals surface area contributed by atoms with Crippen molar-refractivity contribution >= 4 is 52.5 Å². The van der Waals surface area contributed by atoms with Gasteiger partial charge in [0.25, 0.3) is 5.91 Å². The van der Waals surface area contributed by atoms with Gasteiger partial charge >= 0.3 is 5.97 Å². The van der Waals surface area contributed by atoms with E-state index in [1.54, 1.807) is 30.3 Å². The maximum Gasteiger partial charge on any atom is 0.340 e. The van der Waals surface area contributed by atoms with Gasteiger partial charge in [-0.05, 0) is 37.4 Å². The molecule has 2 rings (SSSR count). The van der Waals surface area contributed by atoms with Gasteiger partial charge in [-0.3, -0.25) is 4.79 Å². The molecule has 0 aromatic heterocycles. The zero-order valence-corrected chi connectivity index (χ0v) is 15.3. The second-order valence-electron chi connectivity index (χ2n) is 4.84. The van der Waals surface area contributed by atoms with Crippen LogP contribution in [0.5, 0.6) is 0 Å². The molecule has 0 saturated carbocycles. The molecule has 0 heterocycles. The molecule has 2 aromatic carbocycles. The first-order chi connectivity index (χ1) is 11.4. The SMILES string of the molecule is CSc1ccccc1C(=O)OC(C)C(=O)Nc1cccc(Cl)c1Cl. The summed E-state index contributed by atoms with van der Waals surface area (Å²) in [5.41, 5.74) is 0.784. The quantitative estimate of drug-likeness (QED) is 0.589. The lowest BCUT2D eigenvalue weighted by Gasteiger charge is -2.15. The fourth-order valence-electron chi connectivity index (χ4n) is 1.93. The Kier molecular flexibility index (Phi) is 6.54. The monoisotopic (exact) mass is 383 g/mol. The Morgan fingerprint density at radius 3 is 2.54 bits per heavy atom. The highest BCUT2D eigenvalue weighted by Crippen LogP contribution is 2.29. The van der Waals surface area contributed by atoms with Crippen molar-refractivity contribution in [2.45, 2.75) is 17.9 Å². The summed E-state index contributed by atoms with van der Waals surface area (Å²) in [5.74, 6) is -1.05. The van der Waals surface area contributed by atoms with E-state index in [4.69, 9.17) is 27.9 Å². The predicted octanol–water partition coefficient (Wildman–Crippen LogP) is 4.90. The molecule has 0 spiro atoms. The van der Waals surface area contributed by atoms with E-state index < -0.39 is 18.0 Å². The van der Waals surface area contributed by atoms with Crippen LogP contribution in [0.2, 0.25) is 10.0 Å². The number of nitrogens with one attached hydrogen (secondary N) is 1. The van der Waals surface area contributed by atoms with Crippen molar-refractivity contribution in [1.29, 1.82) is 0 Å². The summed E-state index contributed by atoms with van der Waals surface area (Å²) in [6, 6.07) is 11.9. The summed E-state index contributed by atoms with van der Waals surface area (Å²) >= 11 is 13.4. The van der Waals surface area contributed by atoms with Crippen molar-refractivity contribution in [3.8, 4) is 0 Å². The van der Waals surface area contributed by atoms with Gasteiger partial charge in [0.15, 0.2) is 6.10 Å². The molecule has 2 aromatic rings. The number of thioether (sulfide) groups is 1. The number of ether oxygens (including phenoxy) is 1. The van der Waals surface area contributed by atoms with Gasteiger partial charge in [-0.15, -0.1) is 11.8 Å². The first-order valence-corrected chi connectivity index (χ1v) is 9.01. The molecule has 126 valence electrons. The largest absolute Gasteiger partial charge is 0.449 e. The van der Waals surface area contributed by atoms with Crippen molar-refractivity contribution in [3.05, 3.63) is 58.1 Å². The third kappa shape index (κ3) is 4.44. The lowest BCUT2D eigenvalue weighted by molar-refractivity contribution is -0.123. The number of hydrogen-bond acceptors (Lipinski definition) is 4. The van der Waals surface area contributed by atoms with Crippen molar-refractivity contribution < 1.29 is 14.3 Å². The Bertz CT molecular complexity index is 767. The van der Waals surface area contributed by atoms with Crippen LogP contribution in [0.3, 0.4) is 0 Å². The summed E-state index contributed by atoms with van der Waals surface area (Å²) in [6.07, 6.45) is 0.881. The fourth-order valence-corrected chi connectivity index (χ4v) is 2.86. The Balaban J connectivity index is 2.06. The number of anilines is 1. The average molecular weight is 384 g/mol. The number of rotatable bonds is 5. The van der Waals surface area contributed by atoms with E-state index >= 15 is 0 Å². The third-order valence-electron chi connectivity index (χ3n) is 3.19. The Hall–Kier alpha value is -1.69. The lowest BCUT2D eigenvalue weighted by atomic mass is 10.2. The van der Waals surface area contributed by atoms with E-state index in [1.807, 2.05) is 18.4 Å². The van der Waals surface area contributed by atoms with Crippen LogP contribution in [0.25, 0.3) is 0 Å². The summed E-state index contributed by atoms with van der Waals surface area (Å²) < 4.78 is 5.24. The number of hydrogen-bond donors (Lipinski definition) is 1. The molecule has 24 heavy (non-hydrogen) atoms. The van der Waals surface area contributed by atoms with Gasteiger partial charge < -0.3 is 10.1 Å². The molecule has 0 radical (unpaired) electrons.